The Morgan fingerprint density at radius 1 is 1.19 bits per heavy atom. The smallest absolute Gasteiger partial charge is 0.222 e. The summed E-state index contributed by atoms with van der Waals surface area (Å²) in [6.07, 6.45) is 1.98. The first kappa shape index (κ1) is 15.6. The van der Waals surface area contributed by atoms with Crippen LogP contribution in [-0.4, -0.2) is 54.9 Å². The number of rotatable bonds is 6. The number of piperazine rings is 1. The highest BCUT2D eigenvalue weighted by Gasteiger charge is 2.19. The van der Waals surface area contributed by atoms with Gasteiger partial charge in [-0.05, 0) is 30.7 Å². The maximum Gasteiger partial charge on any atom is 0.222 e. The van der Waals surface area contributed by atoms with Crippen molar-refractivity contribution in [2.24, 2.45) is 0 Å². The summed E-state index contributed by atoms with van der Waals surface area (Å²) in [6, 6.07) is 7.16. The molecule has 6 heteroatoms. The summed E-state index contributed by atoms with van der Waals surface area (Å²) >= 11 is 5.79. The number of nitrogens with zero attached hydrogens (tertiary/aromatic N) is 2. The normalized spacial score (nSPS) is 14.9. The molecule has 1 aromatic carbocycles. The summed E-state index contributed by atoms with van der Waals surface area (Å²) < 4.78 is 5.55. The number of halogens is 1. The number of benzene rings is 1. The van der Waals surface area contributed by atoms with Gasteiger partial charge in [0.2, 0.25) is 12.3 Å². The molecule has 0 bridgehead atoms. The Hall–Kier alpha value is -1.75. The molecule has 0 radical (unpaired) electrons. The van der Waals surface area contributed by atoms with Gasteiger partial charge >= 0.3 is 0 Å². The second-order valence-electron chi connectivity index (χ2n) is 4.93. The van der Waals surface area contributed by atoms with Gasteiger partial charge in [-0.25, -0.2) is 0 Å². The van der Waals surface area contributed by atoms with Crippen LogP contribution in [0.1, 0.15) is 12.8 Å². The molecule has 114 valence electrons. The zero-order chi connectivity index (χ0) is 15.1. The van der Waals surface area contributed by atoms with Crippen molar-refractivity contribution < 1.29 is 14.3 Å². The molecule has 1 aromatic rings. The second-order valence-corrected chi connectivity index (χ2v) is 5.36. The SMILES string of the molecule is O=CN1CCN(C(=O)CCCOc2ccc(Cl)cc2)CC1. The van der Waals surface area contributed by atoms with Crippen LogP contribution in [0.25, 0.3) is 0 Å². The Morgan fingerprint density at radius 3 is 2.48 bits per heavy atom. The Labute approximate surface area is 129 Å². The summed E-state index contributed by atoms with van der Waals surface area (Å²) in [4.78, 5) is 26.1. The molecule has 0 aliphatic carbocycles. The van der Waals surface area contributed by atoms with E-state index in [4.69, 9.17) is 16.3 Å². The van der Waals surface area contributed by atoms with Gasteiger partial charge in [-0.2, -0.15) is 0 Å². The van der Waals surface area contributed by atoms with Crippen LogP contribution in [-0.2, 0) is 9.59 Å². The lowest BCUT2D eigenvalue weighted by molar-refractivity contribution is -0.135. The molecule has 1 fully saturated rings. The summed E-state index contributed by atoms with van der Waals surface area (Å²) in [6.45, 7) is 2.99. The van der Waals surface area contributed by atoms with E-state index in [2.05, 4.69) is 0 Å². The third-order valence-corrected chi connectivity index (χ3v) is 3.69. The molecule has 0 atom stereocenters. The molecule has 2 rings (SSSR count). The molecule has 1 aliphatic heterocycles. The lowest BCUT2D eigenvalue weighted by Gasteiger charge is -2.32. The van der Waals surface area contributed by atoms with Gasteiger partial charge in [-0.15, -0.1) is 0 Å². The molecule has 0 saturated carbocycles. The van der Waals surface area contributed by atoms with Gasteiger partial charge in [0.15, 0.2) is 0 Å². The third-order valence-electron chi connectivity index (χ3n) is 3.43. The van der Waals surface area contributed by atoms with Crippen LogP contribution in [0.3, 0.4) is 0 Å². The average molecular weight is 311 g/mol. The standard InChI is InChI=1S/C15H19ClN2O3/c16-13-3-5-14(6-4-13)21-11-1-2-15(20)18-9-7-17(12-19)8-10-18/h3-6,12H,1-2,7-11H2. The lowest BCUT2D eigenvalue weighted by atomic mass is 10.2. The van der Waals surface area contributed by atoms with Crippen molar-refractivity contribution in [2.45, 2.75) is 12.8 Å². The van der Waals surface area contributed by atoms with Crippen molar-refractivity contribution >= 4 is 23.9 Å². The fourth-order valence-corrected chi connectivity index (χ4v) is 2.31. The van der Waals surface area contributed by atoms with Crippen LogP contribution in [0.15, 0.2) is 24.3 Å². The molecule has 1 heterocycles. The maximum atomic E-state index is 12.0. The molecule has 0 unspecified atom stereocenters. The van der Waals surface area contributed by atoms with Gasteiger partial charge in [0.1, 0.15) is 5.75 Å². The minimum absolute atomic E-state index is 0.125. The topological polar surface area (TPSA) is 49.9 Å². The van der Waals surface area contributed by atoms with Crippen LogP contribution in [0.4, 0.5) is 0 Å². The highest BCUT2D eigenvalue weighted by Crippen LogP contribution is 2.15. The van der Waals surface area contributed by atoms with E-state index in [-0.39, 0.29) is 5.91 Å². The first-order chi connectivity index (χ1) is 10.2. The van der Waals surface area contributed by atoms with Gasteiger partial charge in [0.05, 0.1) is 6.61 Å². The molecular weight excluding hydrogens is 292 g/mol. The maximum absolute atomic E-state index is 12.0. The van der Waals surface area contributed by atoms with Crippen molar-refractivity contribution in [1.82, 2.24) is 9.80 Å². The second kappa shape index (κ2) is 7.88. The zero-order valence-corrected chi connectivity index (χ0v) is 12.6. The van der Waals surface area contributed by atoms with Crippen molar-refractivity contribution in [2.75, 3.05) is 32.8 Å². The molecule has 21 heavy (non-hydrogen) atoms. The molecule has 0 spiro atoms. The van der Waals surface area contributed by atoms with Crippen LogP contribution in [0.2, 0.25) is 5.02 Å². The van der Waals surface area contributed by atoms with Gasteiger partial charge in [0, 0.05) is 37.6 Å². The van der Waals surface area contributed by atoms with E-state index in [1.54, 1.807) is 17.0 Å². The molecule has 1 aliphatic rings. The van der Waals surface area contributed by atoms with Crippen LogP contribution >= 0.6 is 11.6 Å². The molecule has 5 nitrogen and oxygen atoms in total. The van der Waals surface area contributed by atoms with Gasteiger partial charge in [-0.1, -0.05) is 11.6 Å². The van der Waals surface area contributed by atoms with E-state index in [1.807, 2.05) is 17.0 Å². The highest BCUT2D eigenvalue weighted by atomic mass is 35.5. The largest absolute Gasteiger partial charge is 0.494 e. The number of hydrogen-bond donors (Lipinski definition) is 0. The number of amides is 2. The molecule has 0 N–H and O–H groups in total. The summed E-state index contributed by atoms with van der Waals surface area (Å²) in [5, 5.41) is 0.673. The van der Waals surface area contributed by atoms with E-state index >= 15 is 0 Å². The fourth-order valence-electron chi connectivity index (χ4n) is 2.18. The Morgan fingerprint density at radius 2 is 1.86 bits per heavy atom. The van der Waals surface area contributed by atoms with Crippen LogP contribution in [0, 0.1) is 0 Å². The van der Waals surface area contributed by atoms with E-state index in [9.17, 15) is 9.59 Å². The number of carbonyl (C=O) groups excluding carboxylic acids is 2. The molecule has 1 saturated heterocycles. The molecule has 0 aromatic heterocycles. The minimum atomic E-state index is 0.125. The Bertz CT molecular complexity index is 470. The van der Waals surface area contributed by atoms with Crippen molar-refractivity contribution in [1.29, 1.82) is 0 Å². The summed E-state index contributed by atoms with van der Waals surface area (Å²) in [7, 11) is 0. The van der Waals surface area contributed by atoms with Crippen molar-refractivity contribution in [3.05, 3.63) is 29.3 Å². The van der Waals surface area contributed by atoms with E-state index in [0.29, 0.717) is 50.7 Å². The number of ether oxygens (including phenoxy) is 1. The zero-order valence-electron chi connectivity index (χ0n) is 11.8. The first-order valence-electron chi connectivity index (χ1n) is 7.04. The third kappa shape index (κ3) is 4.93. The van der Waals surface area contributed by atoms with Crippen LogP contribution < -0.4 is 4.74 Å². The van der Waals surface area contributed by atoms with Gasteiger partial charge in [0.25, 0.3) is 0 Å². The van der Waals surface area contributed by atoms with E-state index in [1.165, 1.54) is 0 Å². The quantitative estimate of drug-likeness (QED) is 0.594. The summed E-state index contributed by atoms with van der Waals surface area (Å²) in [5.41, 5.74) is 0. The number of hydrogen-bond acceptors (Lipinski definition) is 3. The Balaban J connectivity index is 1.63. The Kier molecular flexibility index (Phi) is 5.87. The van der Waals surface area contributed by atoms with Gasteiger partial charge < -0.3 is 14.5 Å². The number of carbonyl (C=O) groups is 2. The van der Waals surface area contributed by atoms with Crippen molar-refractivity contribution in [3.63, 3.8) is 0 Å². The van der Waals surface area contributed by atoms with Gasteiger partial charge in [-0.3, -0.25) is 9.59 Å². The van der Waals surface area contributed by atoms with E-state index in [0.717, 1.165) is 12.2 Å². The minimum Gasteiger partial charge on any atom is -0.494 e. The predicted octanol–water partition coefficient (Wildman–Crippen LogP) is 1.80. The fraction of sp³-hybridized carbons (Fsp3) is 0.467. The molecular formula is C15H19ClN2O3. The van der Waals surface area contributed by atoms with Crippen LogP contribution in [0.5, 0.6) is 5.75 Å². The predicted molar refractivity (Wildman–Crippen MR) is 80.4 cm³/mol. The first-order valence-corrected chi connectivity index (χ1v) is 7.42. The molecule has 2 amide bonds. The van der Waals surface area contributed by atoms with E-state index < -0.39 is 0 Å². The highest BCUT2D eigenvalue weighted by molar-refractivity contribution is 6.30. The monoisotopic (exact) mass is 310 g/mol. The average Bonchev–Trinajstić information content (AvgIpc) is 2.53. The van der Waals surface area contributed by atoms with Crippen molar-refractivity contribution in [3.8, 4) is 5.75 Å². The summed E-state index contributed by atoms with van der Waals surface area (Å²) in [5.74, 6) is 0.881. The lowest BCUT2D eigenvalue weighted by Crippen LogP contribution is -2.48.